The third-order valence-electron chi connectivity index (χ3n) is 7.24. The molecule has 1 aromatic carbocycles. The summed E-state index contributed by atoms with van der Waals surface area (Å²) in [6.45, 7) is 17.8. The van der Waals surface area contributed by atoms with E-state index in [9.17, 15) is 9.90 Å². The zero-order valence-corrected chi connectivity index (χ0v) is 22.8. The molecule has 0 aliphatic rings. The normalized spacial score (nSPS) is 16.2. The summed E-state index contributed by atoms with van der Waals surface area (Å²) >= 11 is 0. The zero-order valence-electron chi connectivity index (χ0n) is 22.8. The van der Waals surface area contributed by atoms with Gasteiger partial charge in [-0.15, -0.1) is 0 Å². The second-order valence-corrected chi connectivity index (χ2v) is 12.1. The van der Waals surface area contributed by atoms with Crippen molar-refractivity contribution in [3.63, 3.8) is 0 Å². The van der Waals surface area contributed by atoms with Crippen LogP contribution in [0.1, 0.15) is 118 Å². The minimum Gasteiger partial charge on any atom is -0.465 e. The summed E-state index contributed by atoms with van der Waals surface area (Å²) in [6, 6.07) is 9.77. The van der Waals surface area contributed by atoms with E-state index in [1.807, 2.05) is 37.3 Å². The Morgan fingerprint density at radius 2 is 1.36 bits per heavy atom. The molecule has 4 atom stereocenters. The van der Waals surface area contributed by atoms with Crippen LogP contribution >= 0.6 is 0 Å². The van der Waals surface area contributed by atoms with Gasteiger partial charge >= 0.3 is 5.97 Å². The van der Waals surface area contributed by atoms with Crippen LogP contribution in [0.4, 0.5) is 0 Å². The molecule has 0 spiro atoms. The van der Waals surface area contributed by atoms with E-state index in [2.05, 4.69) is 48.5 Å². The van der Waals surface area contributed by atoms with Crippen molar-refractivity contribution in [3.8, 4) is 0 Å². The van der Waals surface area contributed by atoms with E-state index in [0.717, 1.165) is 12.0 Å². The van der Waals surface area contributed by atoms with Gasteiger partial charge in [0, 0.05) is 0 Å². The molecule has 1 N–H and O–H groups in total. The Balaban J connectivity index is 2.74. The number of aliphatic hydroxyl groups is 1. The Hall–Kier alpha value is -1.35. The Bertz CT molecular complexity index is 653. The summed E-state index contributed by atoms with van der Waals surface area (Å²) < 4.78 is 5.69. The van der Waals surface area contributed by atoms with Gasteiger partial charge in [0.05, 0.1) is 18.6 Å². The van der Waals surface area contributed by atoms with E-state index < -0.39 is 6.10 Å². The molecule has 33 heavy (non-hydrogen) atoms. The number of ether oxygens (including phenoxy) is 1. The van der Waals surface area contributed by atoms with E-state index in [1.54, 1.807) is 0 Å². The van der Waals surface area contributed by atoms with E-state index >= 15 is 0 Å². The third-order valence-corrected chi connectivity index (χ3v) is 7.24. The van der Waals surface area contributed by atoms with Gasteiger partial charge in [-0.05, 0) is 48.0 Å². The van der Waals surface area contributed by atoms with Gasteiger partial charge in [0.25, 0.3) is 0 Å². The molecule has 0 saturated heterocycles. The molecule has 0 aromatic heterocycles. The first kappa shape index (κ1) is 29.7. The minimum absolute atomic E-state index is 0.0326. The number of hydrogen-bond acceptors (Lipinski definition) is 3. The molecule has 3 nitrogen and oxygen atoms in total. The number of esters is 1. The first-order chi connectivity index (χ1) is 15.4. The van der Waals surface area contributed by atoms with Crippen molar-refractivity contribution < 1.29 is 14.6 Å². The fourth-order valence-electron chi connectivity index (χ4n) is 4.95. The highest BCUT2D eigenvalue weighted by Gasteiger charge is 2.40. The van der Waals surface area contributed by atoms with E-state index in [1.165, 1.54) is 38.5 Å². The summed E-state index contributed by atoms with van der Waals surface area (Å²) in [6.07, 6.45) is 8.93. The molecule has 0 heterocycles. The van der Waals surface area contributed by atoms with Crippen molar-refractivity contribution in [2.75, 3.05) is 6.61 Å². The number of unbranched alkanes of at least 4 members (excludes halogenated alkanes) is 5. The smallest absolute Gasteiger partial charge is 0.313 e. The fraction of sp³-hybridized carbons (Fsp3) is 0.767. The predicted molar refractivity (Wildman–Crippen MR) is 140 cm³/mol. The SMILES string of the molecule is CCCCCCCCC(C(O)C(CCOC(=O)C(C)c1ccccc1)C(C)(C)C)C(C)(C)C. The van der Waals surface area contributed by atoms with Crippen molar-refractivity contribution in [3.05, 3.63) is 35.9 Å². The highest BCUT2D eigenvalue weighted by molar-refractivity contribution is 5.77. The largest absolute Gasteiger partial charge is 0.465 e. The van der Waals surface area contributed by atoms with Gasteiger partial charge in [-0.3, -0.25) is 4.79 Å². The number of carbonyl (C=O) groups excluding carboxylic acids is 1. The second kappa shape index (κ2) is 14.1. The number of hydrogen-bond donors (Lipinski definition) is 1. The lowest BCUT2D eigenvalue weighted by molar-refractivity contribution is -0.146. The number of aliphatic hydroxyl groups excluding tert-OH is 1. The average molecular weight is 461 g/mol. The van der Waals surface area contributed by atoms with Crippen LogP contribution in [-0.2, 0) is 9.53 Å². The monoisotopic (exact) mass is 460 g/mol. The highest BCUT2D eigenvalue weighted by atomic mass is 16.5. The first-order valence-corrected chi connectivity index (χ1v) is 13.3. The molecule has 0 radical (unpaired) electrons. The standard InChI is InChI=1S/C30H52O3/c1-9-10-11-12-13-17-20-25(29(3,4)5)27(31)26(30(6,7)8)21-22-33-28(32)23(2)24-18-15-14-16-19-24/h14-16,18-19,23,25-27,31H,9-13,17,20-22H2,1-8H3. The van der Waals surface area contributed by atoms with Gasteiger partial charge in [-0.2, -0.15) is 0 Å². The van der Waals surface area contributed by atoms with E-state index in [0.29, 0.717) is 13.0 Å². The Morgan fingerprint density at radius 3 is 1.91 bits per heavy atom. The van der Waals surface area contributed by atoms with Crippen LogP contribution in [-0.4, -0.2) is 23.8 Å². The zero-order chi connectivity index (χ0) is 25.1. The quantitative estimate of drug-likeness (QED) is 0.225. The lowest BCUT2D eigenvalue weighted by Gasteiger charge is -2.43. The summed E-state index contributed by atoms with van der Waals surface area (Å²) in [4.78, 5) is 12.6. The maximum atomic E-state index is 12.6. The Labute approximate surface area is 204 Å². The van der Waals surface area contributed by atoms with Gasteiger partial charge < -0.3 is 9.84 Å². The molecule has 0 aliphatic heterocycles. The lowest BCUT2D eigenvalue weighted by Crippen LogP contribution is -2.43. The van der Waals surface area contributed by atoms with Crippen LogP contribution in [0, 0.1) is 22.7 Å². The molecule has 3 heteroatoms. The maximum Gasteiger partial charge on any atom is 0.313 e. The molecular formula is C30H52O3. The Morgan fingerprint density at radius 1 is 0.848 bits per heavy atom. The summed E-state index contributed by atoms with van der Waals surface area (Å²) in [5, 5.41) is 11.6. The summed E-state index contributed by atoms with van der Waals surface area (Å²) in [7, 11) is 0. The van der Waals surface area contributed by atoms with Crippen molar-refractivity contribution in [2.24, 2.45) is 22.7 Å². The molecule has 1 aromatic rings. The second-order valence-electron chi connectivity index (χ2n) is 12.1. The van der Waals surface area contributed by atoms with Crippen molar-refractivity contribution in [2.45, 2.75) is 119 Å². The van der Waals surface area contributed by atoms with Crippen molar-refractivity contribution in [1.82, 2.24) is 0 Å². The van der Waals surface area contributed by atoms with Crippen molar-refractivity contribution >= 4 is 5.97 Å². The molecular weight excluding hydrogens is 408 g/mol. The van der Waals surface area contributed by atoms with Crippen LogP contribution in [0.2, 0.25) is 0 Å². The maximum absolute atomic E-state index is 12.6. The molecule has 0 saturated carbocycles. The lowest BCUT2D eigenvalue weighted by atomic mass is 9.65. The van der Waals surface area contributed by atoms with Crippen LogP contribution in [0.5, 0.6) is 0 Å². The third kappa shape index (κ3) is 10.6. The molecule has 4 unspecified atom stereocenters. The summed E-state index contributed by atoms with van der Waals surface area (Å²) in [5.41, 5.74) is 0.938. The summed E-state index contributed by atoms with van der Waals surface area (Å²) in [5.74, 6) is -0.171. The molecule has 0 amide bonds. The number of benzene rings is 1. The number of rotatable bonds is 14. The molecule has 190 valence electrons. The van der Waals surface area contributed by atoms with Crippen molar-refractivity contribution in [1.29, 1.82) is 0 Å². The Kier molecular flexibility index (Phi) is 12.7. The van der Waals surface area contributed by atoms with E-state index in [4.69, 9.17) is 4.74 Å². The van der Waals surface area contributed by atoms with Crippen LogP contribution < -0.4 is 0 Å². The van der Waals surface area contributed by atoms with Gasteiger partial charge in [0.15, 0.2) is 0 Å². The molecule has 0 bridgehead atoms. The molecule has 0 aliphatic carbocycles. The first-order valence-electron chi connectivity index (χ1n) is 13.3. The minimum atomic E-state index is -0.411. The van der Waals surface area contributed by atoms with Gasteiger partial charge in [-0.25, -0.2) is 0 Å². The van der Waals surface area contributed by atoms with Gasteiger partial charge in [0.2, 0.25) is 0 Å². The number of carbonyl (C=O) groups is 1. The van der Waals surface area contributed by atoms with Crippen LogP contribution in [0.3, 0.4) is 0 Å². The topological polar surface area (TPSA) is 46.5 Å². The average Bonchev–Trinajstić information content (AvgIpc) is 2.74. The molecule has 0 fully saturated rings. The van der Waals surface area contributed by atoms with Crippen LogP contribution in [0.25, 0.3) is 0 Å². The highest BCUT2D eigenvalue weighted by Crippen LogP contribution is 2.42. The van der Waals surface area contributed by atoms with Gasteiger partial charge in [-0.1, -0.05) is 117 Å². The fourth-order valence-corrected chi connectivity index (χ4v) is 4.95. The predicted octanol–water partition coefficient (Wildman–Crippen LogP) is 8.16. The van der Waals surface area contributed by atoms with Crippen LogP contribution in [0.15, 0.2) is 30.3 Å². The van der Waals surface area contributed by atoms with Gasteiger partial charge in [0.1, 0.15) is 0 Å². The molecule has 1 rings (SSSR count). The van der Waals surface area contributed by atoms with E-state index in [-0.39, 0.29) is 34.6 Å².